The Morgan fingerprint density at radius 1 is 1.30 bits per heavy atom. The summed E-state index contributed by atoms with van der Waals surface area (Å²) < 4.78 is 10.1. The van der Waals surface area contributed by atoms with E-state index in [4.69, 9.17) is 14.6 Å². The minimum absolute atomic E-state index is 0.0888. The van der Waals surface area contributed by atoms with Crippen LogP contribution in [0, 0.1) is 0 Å². The average Bonchev–Trinajstić information content (AvgIpc) is 2.44. The maximum Gasteiger partial charge on any atom is 0.357 e. The molecule has 2 aromatic rings. The van der Waals surface area contributed by atoms with Gasteiger partial charge in [-0.25, -0.2) is 14.6 Å². The highest BCUT2D eigenvalue weighted by molar-refractivity contribution is 5.94. The van der Waals surface area contributed by atoms with E-state index in [1.807, 2.05) is 0 Å². The Balaban J connectivity index is 2.46. The number of pyridine rings is 1. The summed E-state index contributed by atoms with van der Waals surface area (Å²) in [6, 6.07) is 8.40. The van der Waals surface area contributed by atoms with Crippen LogP contribution in [0.1, 0.15) is 17.4 Å². The molecule has 0 unspecified atom stereocenters. The monoisotopic (exact) mass is 275 g/mol. The van der Waals surface area contributed by atoms with E-state index in [0.29, 0.717) is 16.7 Å². The molecule has 0 saturated heterocycles. The SMILES string of the molecule is CCOC(=O)c1cc(OCC(=O)O)c2ccccc2n1. The zero-order chi connectivity index (χ0) is 14.5. The molecule has 0 amide bonds. The summed E-state index contributed by atoms with van der Waals surface area (Å²) in [5.74, 6) is -1.37. The summed E-state index contributed by atoms with van der Waals surface area (Å²) in [5, 5.41) is 9.32. The van der Waals surface area contributed by atoms with E-state index in [9.17, 15) is 9.59 Å². The molecule has 104 valence electrons. The third kappa shape index (κ3) is 3.03. The molecule has 0 radical (unpaired) electrons. The maximum absolute atomic E-state index is 11.7. The van der Waals surface area contributed by atoms with Crippen LogP contribution in [0.5, 0.6) is 5.75 Å². The van der Waals surface area contributed by atoms with Crippen molar-refractivity contribution in [2.45, 2.75) is 6.92 Å². The van der Waals surface area contributed by atoms with Gasteiger partial charge in [-0.2, -0.15) is 0 Å². The van der Waals surface area contributed by atoms with Crippen LogP contribution in [0.15, 0.2) is 30.3 Å². The predicted molar refractivity (Wildman–Crippen MR) is 70.8 cm³/mol. The van der Waals surface area contributed by atoms with Crippen molar-refractivity contribution >= 4 is 22.8 Å². The topological polar surface area (TPSA) is 85.7 Å². The number of aliphatic carboxylic acids is 1. The van der Waals surface area contributed by atoms with Gasteiger partial charge in [0.25, 0.3) is 0 Å². The Morgan fingerprint density at radius 2 is 2.05 bits per heavy atom. The second kappa shape index (κ2) is 6.01. The Hall–Kier alpha value is -2.63. The highest BCUT2D eigenvalue weighted by Gasteiger charge is 2.14. The lowest BCUT2D eigenvalue weighted by atomic mass is 10.2. The standard InChI is InChI=1S/C14H13NO5/c1-2-19-14(18)11-7-12(20-8-13(16)17)9-5-3-4-6-10(9)15-11/h3-7H,2,8H2,1H3,(H,16,17). The molecule has 0 saturated carbocycles. The van der Waals surface area contributed by atoms with Gasteiger partial charge in [-0.1, -0.05) is 12.1 Å². The molecule has 1 aromatic carbocycles. The molecule has 0 bridgehead atoms. The van der Waals surface area contributed by atoms with E-state index < -0.39 is 18.5 Å². The Bertz CT molecular complexity index is 653. The number of nitrogens with zero attached hydrogens (tertiary/aromatic N) is 1. The van der Waals surface area contributed by atoms with Gasteiger partial charge in [0.1, 0.15) is 5.75 Å². The Morgan fingerprint density at radius 3 is 2.75 bits per heavy atom. The quantitative estimate of drug-likeness (QED) is 0.838. The van der Waals surface area contributed by atoms with Gasteiger partial charge >= 0.3 is 11.9 Å². The largest absolute Gasteiger partial charge is 0.481 e. The summed E-state index contributed by atoms with van der Waals surface area (Å²) in [4.78, 5) is 26.5. The molecule has 1 heterocycles. The van der Waals surface area contributed by atoms with Crippen LogP contribution in [-0.4, -0.2) is 35.2 Å². The number of benzene rings is 1. The molecule has 0 fully saturated rings. The number of para-hydroxylation sites is 1. The molecule has 0 spiro atoms. The minimum Gasteiger partial charge on any atom is -0.481 e. The first-order valence-corrected chi connectivity index (χ1v) is 6.03. The molecule has 20 heavy (non-hydrogen) atoms. The summed E-state index contributed by atoms with van der Waals surface area (Å²) in [6.07, 6.45) is 0. The first-order chi connectivity index (χ1) is 9.61. The first-order valence-electron chi connectivity index (χ1n) is 6.03. The van der Waals surface area contributed by atoms with E-state index in [1.54, 1.807) is 31.2 Å². The van der Waals surface area contributed by atoms with Crippen molar-refractivity contribution in [3.63, 3.8) is 0 Å². The normalized spacial score (nSPS) is 10.2. The number of hydrogen-bond acceptors (Lipinski definition) is 5. The molecule has 1 N–H and O–H groups in total. The van der Waals surface area contributed by atoms with Crippen LogP contribution in [0.4, 0.5) is 0 Å². The van der Waals surface area contributed by atoms with Gasteiger partial charge in [0.05, 0.1) is 12.1 Å². The summed E-state index contributed by atoms with van der Waals surface area (Å²) in [5.41, 5.74) is 0.629. The number of fused-ring (bicyclic) bond motifs is 1. The van der Waals surface area contributed by atoms with Gasteiger partial charge in [0.2, 0.25) is 0 Å². The van der Waals surface area contributed by atoms with Gasteiger partial charge in [-0.3, -0.25) is 0 Å². The summed E-state index contributed by atoms with van der Waals surface area (Å²) in [7, 11) is 0. The van der Waals surface area contributed by atoms with E-state index in [-0.39, 0.29) is 12.3 Å². The summed E-state index contributed by atoms with van der Waals surface area (Å²) >= 11 is 0. The second-order valence-corrected chi connectivity index (χ2v) is 3.93. The van der Waals surface area contributed by atoms with E-state index in [0.717, 1.165) is 0 Å². The third-order valence-corrected chi connectivity index (χ3v) is 2.51. The molecule has 6 heteroatoms. The third-order valence-electron chi connectivity index (χ3n) is 2.51. The second-order valence-electron chi connectivity index (χ2n) is 3.93. The lowest BCUT2D eigenvalue weighted by molar-refractivity contribution is -0.139. The van der Waals surface area contributed by atoms with Crippen molar-refractivity contribution < 1.29 is 24.2 Å². The number of hydrogen-bond donors (Lipinski definition) is 1. The predicted octanol–water partition coefficient (Wildman–Crippen LogP) is 1.87. The van der Waals surface area contributed by atoms with Crippen LogP contribution in [0.3, 0.4) is 0 Å². The van der Waals surface area contributed by atoms with Crippen LogP contribution >= 0.6 is 0 Å². The first kappa shape index (κ1) is 13.8. The molecule has 2 rings (SSSR count). The van der Waals surface area contributed by atoms with Crippen molar-refractivity contribution in [3.05, 3.63) is 36.0 Å². The zero-order valence-corrected chi connectivity index (χ0v) is 10.8. The number of carboxylic acid groups (broad SMARTS) is 1. The smallest absolute Gasteiger partial charge is 0.357 e. The fourth-order valence-electron chi connectivity index (χ4n) is 1.71. The molecule has 0 atom stereocenters. The molecule has 0 aliphatic carbocycles. The fourth-order valence-corrected chi connectivity index (χ4v) is 1.71. The van der Waals surface area contributed by atoms with Crippen molar-refractivity contribution in [1.82, 2.24) is 4.98 Å². The number of carbonyl (C=O) groups excluding carboxylic acids is 1. The molecular formula is C14H13NO5. The van der Waals surface area contributed by atoms with E-state index in [1.165, 1.54) is 6.07 Å². The minimum atomic E-state index is -1.09. The van der Waals surface area contributed by atoms with Crippen LogP contribution in [-0.2, 0) is 9.53 Å². The molecule has 6 nitrogen and oxygen atoms in total. The molecule has 0 aliphatic rings. The Kier molecular flexibility index (Phi) is 4.14. The highest BCUT2D eigenvalue weighted by Crippen LogP contribution is 2.25. The summed E-state index contributed by atoms with van der Waals surface area (Å²) in [6.45, 7) is 1.44. The molecular weight excluding hydrogens is 262 g/mol. The number of carboxylic acids is 1. The number of carbonyl (C=O) groups is 2. The van der Waals surface area contributed by atoms with Crippen molar-refractivity contribution in [2.75, 3.05) is 13.2 Å². The van der Waals surface area contributed by atoms with Crippen LogP contribution < -0.4 is 4.74 Å². The van der Waals surface area contributed by atoms with Crippen molar-refractivity contribution in [3.8, 4) is 5.75 Å². The lowest BCUT2D eigenvalue weighted by Crippen LogP contribution is -2.12. The van der Waals surface area contributed by atoms with Crippen LogP contribution in [0.25, 0.3) is 10.9 Å². The van der Waals surface area contributed by atoms with E-state index >= 15 is 0 Å². The molecule has 0 aliphatic heterocycles. The number of esters is 1. The van der Waals surface area contributed by atoms with Gasteiger partial charge in [0.15, 0.2) is 12.3 Å². The number of aromatic nitrogens is 1. The van der Waals surface area contributed by atoms with Gasteiger partial charge in [-0.05, 0) is 19.1 Å². The lowest BCUT2D eigenvalue weighted by Gasteiger charge is -2.09. The highest BCUT2D eigenvalue weighted by atomic mass is 16.5. The fraction of sp³-hybridized carbons (Fsp3) is 0.214. The zero-order valence-electron chi connectivity index (χ0n) is 10.8. The number of ether oxygens (including phenoxy) is 2. The Labute approximate surface area is 115 Å². The van der Waals surface area contributed by atoms with Gasteiger partial charge in [0, 0.05) is 11.5 Å². The van der Waals surface area contributed by atoms with Gasteiger partial charge in [-0.15, -0.1) is 0 Å². The van der Waals surface area contributed by atoms with E-state index in [2.05, 4.69) is 4.98 Å². The molecule has 1 aromatic heterocycles. The maximum atomic E-state index is 11.7. The average molecular weight is 275 g/mol. The van der Waals surface area contributed by atoms with Crippen LogP contribution in [0.2, 0.25) is 0 Å². The van der Waals surface area contributed by atoms with Crippen molar-refractivity contribution in [1.29, 1.82) is 0 Å². The van der Waals surface area contributed by atoms with Gasteiger partial charge < -0.3 is 14.6 Å². The van der Waals surface area contributed by atoms with Crippen molar-refractivity contribution in [2.24, 2.45) is 0 Å². The number of rotatable bonds is 5.